The first-order valence-corrected chi connectivity index (χ1v) is 7.50. The van der Waals surface area contributed by atoms with Crippen molar-refractivity contribution in [1.29, 1.82) is 0 Å². The van der Waals surface area contributed by atoms with Crippen molar-refractivity contribution < 1.29 is 8.81 Å². The summed E-state index contributed by atoms with van der Waals surface area (Å²) in [5, 5.41) is 3.35. The van der Waals surface area contributed by atoms with Gasteiger partial charge in [-0.25, -0.2) is 4.39 Å². The van der Waals surface area contributed by atoms with E-state index in [2.05, 4.69) is 30.1 Å². The standard InChI is InChI=1S/C17H23FN2O/c1-3-8-19-11-14-9-17(21-13-14)12-20(4-2)16-7-5-6-15(18)10-16/h5-7,9-10,13,19H,3-4,8,11-12H2,1-2H3. The van der Waals surface area contributed by atoms with Gasteiger partial charge in [0.25, 0.3) is 0 Å². The second kappa shape index (κ2) is 7.84. The molecule has 1 aromatic carbocycles. The highest BCUT2D eigenvalue weighted by molar-refractivity contribution is 5.46. The Balaban J connectivity index is 1.98. The molecule has 4 heteroatoms. The van der Waals surface area contributed by atoms with E-state index >= 15 is 0 Å². The molecule has 0 aliphatic heterocycles. The molecule has 0 aliphatic carbocycles. The third-order valence-corrected chi connectivity index (χ3v) is 3.37. The maximum absolute atomic E-state index is 13.3. The lowest BCUT2D eigenvalue weighted by molar-refractivity contribution is 0.500. The topological polar surface area (TPSA) is 28.4 Å². The summed E-state index contributed by atoms with van der Waals surface area (Å²) < 4.78 is 18.9. The predicted molar refractivity (Wildman–Crippen MR) is 83.8 cm³/mol. The highest BCUT2D eigenvalue weighted by Crippen LogP contribution is 2.19. The predicted octanol–water partition coefficient (Wildman–Crippen LogP) is 3.94. The van der Waals surface area contributed by atoms with Crippen LogP contribution in [-0.2, 0) is 13.1 Å². The molecule has 3 nitrogen and oxygen atoms in total. The van der Waals surface area contributed by atoms with E-state index in [1.165, 1.54) is 6.07 Å². The maximum Gasteiger partial charge on any atom is 0.125 e. The lowest BCUT2D eigenvalue weighted by atomic mass is 10.2. The Bertz CT molecular complexity index is 553. The summed E-state index contributed by atoms with van der Waals surface area (Å²) in [7, 11) is 0. The molecule has 1 N–H and O–H groups in total. The van der Waals surface area contributed by atoms with Gasteiger partial charge in [-0.3, -0.25) is 0 Å². The molecule has 21 heavy (non-hydrogen) atoms. The number of anilines is 1. The Morgan fingerprint density at radius 3 is 2.81 bits per heavy atom. The zero-order valence-corrected chi connectivity index (χ0v) is 12.7. The van der Waals surface area contributed by atoms with Crippen LogP contribution in [0, 0.1) is 5.82 Å². The lowest BCUT2D eigenvalue weighted by Crippen LogP contribution is -2.21. The molecule has 114 valence electrons. The molecule has 1 heterocycles. The molecular weight excluding hydrogens is 267 g/mol. The Kier molecular flexibility index (Phi) is 5.81. The van der Waals surface area contributed by atoms with Gasteiger partial charge in [0.15, 0.2) is 0 Å². The van der Waals surface area contributed by atoms with Crippen molar-refractivity contribution in [3.05, 3.63) is 53.7 Å². The third-order valence-electron chi connectivity index (χ3n) is 3.37. The SMILES string of the molecule is CCCNCc1coc(CN(CC)c2cccc(F)c2)c1. The fraction of sp³-hybridized carbons (Fsp3) is 0.412. The third kappa shape index (κ3) is 4.60. The van der Waals surface area contributed by atoms with Gasteiger partial charge in [0.05, 0.1) is 12.8 Å². The molecule has 0 saturated heterocycles. The smallest absolute Gasteiger partial charge is 0.125 e. The lowest BCUT2D eigenvalue weighted by Gasteiger charge is -2.21. The van der Waals surface area contributed by atoms with E-state index in [4.69, 9.17) is 4.42 Å². The van der Waals surface area contributed by atoms with E-state index in [9.17, 15) is 4.39 Å². The van der Waals surface area contributed by atoms with Gasteiger partial charge in [0.1, 0.15) is 11.6 Å². The van der Waals surface area contributed by atoms with Crippen molar-refractivity contribution in [3.8, 4) is 0 Å². The largest absolute Gasteiger partial charge is 0.467 e. The van der Waals surface area contributed by atoms with Gasteiger partial charge in [-0.2, -0.15) is 0 Å². The van der Waals surface area contributed by atoms with E-state index in [0.717, 1.165) is 43.1 Å². The van der Waals surface area contributed by atoms with Crippen molar-refractivity contribution in [2.75, 3.05) is 18.0 Å². The summed E-state index contributed by atoms with van der Waals surface area (Å²) >= 11 is 0. The van der Waals surface area contributed by atoms with Crippen LogP contribution in [0.25, 0.3) is 0 Å². The average molecular weight is 290 g/mol. The van der Waals surface area contributed by atoms with Gasteiger partial charge in [0, 0.05) is 24.3 Å². The number of halogens is 1. The second-order valence-electron chi connectivity index (χ2n) is 5.09. The minimum absolute atomic E-state index is 0.213. The second-order valence-corrected chi connectivity index (χ2v) is 5.09. The molecule has 1 aromatic heterocycles. The summed E-state index contributed by atoms with van der Waals surface area (Å²) in [4.78, 5) is 2.09. The Morgan fingerprint density at radius 1 is 1.24 bits per heavy atom. The first kappa shape index (κ1) is 15.6. The molecule has 0 atom stereocenters. The molecule has 0 aliphatic rings. The summed E-state index contributed by atoms with van der Waals surface area (Å²) in [5.41, 5.74) is 2.02. The van der Waals surface area contributed by atoms with E-state index in [1.54, 1.807) is 18.4 Å². The fourth-order valence-corrected chi connectivity index (χ4v) is 2.26. The maximum atomic E-state index is 13.3. The van der Waals surface area contributed by atoms with Crippen LogP contribution in [0.3, 0.4) is 0 Å². The van der Waals surface area contributed by atoms with Crippen LogP contribution in [0.1, 0.15) is 31.6 Å². The molecule has 0 amide bonds. The molecule has 0 saturated carbocycles. The van der Waals surface area contributed by atoms with Crippen LogP contribution in [0.5, 0.6) is 0 Å². The summed E-state index contributed by atoms with van der Waals surface area (Å²) in [6, 6.07) is 8.72. The van der Waals surface area contributed by atoms with Gasteiger partial charge >= 0.3 is 0 Å². The number of benzene rings is 1. The Labute approximate surface area is 125 Å². The van der Waals surface area contributed by atoms with Gasteiger partial charge in [-0.05, 0) is 44.2 Å². The number of rotatable bonds is 8. The number of hydrogen-bond acceptors (Lipinski definition) is 3. The van der Waals surface area contributed by atoms with Crippen molar-refractivity contribution in [2.24, 2.45) is 0 Å². The van der Waals surface area contributed by atoms with E-state index in [-0.39, 0.29) is 5.82 Å². The first-order chi connectivity index (χ1) is 10.2. The molecule has 0 fully saturated rings. The van der Waals surface area contributed by atoms with Gasteiger partial charge in [-0.1, -0.05) is 13.0 Å². The normalized spacial score (nSPS) is 10.8. The number of nitrogens with zero attached hydrogens (tertiary/aromatic N) is 1. The molecule has 0 spiro atoms. The van der Waals surface area contributed by atoms with Gasteiger partial charge < -0.3 is 14.6 Å². The highest BCUT2D eigenvalue weighted by atomic mass is 19.1. The highest BCUT2D eigenvalue weighted by Gasteiger charge is 2.09. The van der Waals surface area contributed by atoms with Crippen molar-refractivity contribution in [2.45, 2.75) is 33.4 Å². The van der Waals surface area contributed by atoms with E-state index < -0.39 is 0 Å². The number of furan rings is 1. The fourth-order valence-electron chi connectivity index (χ4n) is 2.26. The summed E-state index contributed by atoms with van der Waals surface area (Å²) in [6.45, 7) is 7.47. The average Bonchev–Trinajstić information content (AvgIpc) is 2.92. The van der Waals surface area contributed by atoms with Crippen LogP contribution in [-0.4, -0.2) is 13.1 Å². The zero-order chi connectivity index (χ0) is 15.1. The van der Waals surface area contributed by atoms with Gasteiger partial charge in [-0.15, -0.1) is 0 Å². The first-order valence-electron chi connectivity index (χ1n) is 7.50. The van der Waals surface area contributed by atoms with Gasteiger partial charge in [0.2, 0.25) is 0 Å². The number of hydrogen-bond donors (Lipinski definition) is 1. The van der Waals surface area contributed by atoms with E-state index in [1.807, 2.05) is 6.07 Å². The van der Waals surface area contributed by atoms with Crippen LogP contribution in [0.15, 0.2) is 41.0 Å². The van der Waals surface area contributed by atoms with Crippen LogP contribution < -0.4 is 10.2 Å². The molecular formula is C17H23FN2O. The van der Waals surface area contributed by atoms with E-state index in [0.29, 0.717) is 6.54 Å². The molecule has 0 radical (unpaired) electrons. The Morgan fingerprint density at radius 2 is 2.10 bits per heavy atom. The minimum Gasteiger partial charge on any atom is -0.467 e. The van der Waals surface area contributed by atoms with Crippen LogP contribution in [0.2, 0.25) is 0 Å². The van der Waals surface area contributed by atoms with Crippen molar-refractivity contribution in [1.82, 2.24) is 5.32 Å². The van der Waals surface area contributed by atoms with Crippen LogP contribution in [0.4, 0.5) is 10.1 Å². The molecule has 0 bridgehead atoms. The number of nitrogens with one attached hydrogen (secondary N) is 1. The molecule has 2 aromatic rings. The molecule has 0 unspecified atom stereocenters. The monoisotopic (exact) mass is 290 g/mol. The minimum atomic E-state index is -0.213. The van der Waals surface area contributed by atoms with Crippen LogP contribution >= 0.6 is 0 Å². The zero-order valence-electron chi connectivity index (χ0n) is 12.7. The van der Waals surface area contributed by atoms with Crippen molar-refractivity contribution in [3.63, 3.8) is 0 Å². The quantitative estimate of drug-likeness (QED) is 0.746. The summed E-state index contributed by atoms with van der Waals surface area (Å²) in [6.07, 6.45) is 2.91. The molecule has 2 rings (SSSR count). The Hall–Kier alpha value is -1.81. The van der Waals surface area contributed by atoms with Crippen molar-refractivity contribution >= 4 is 5.69 Å². The summed E-state index contributed by atoms with van der Waals surface area (Å²) in [5.74, 6) is 0.684.